The van der Waals surface area contributed by atoms with Crippen molar-refractivity contribution in [2.75, 3.05) is 6.54 Å². The first-order valence-corrected chi connectivity index (χ1v) is 6.59. The molecule has 0 aliphatic heterocycles. The Labute approximate surface area is 104 Å². The number of hydrogen-bond acceptors (Lipinski definition) is 1. The number of benzene rings is 1. The summed E-state index contributed by atoms with van der Waals surface area (Å²) >= 11 is 0. The van der Waals surface area contributed by atoms with Gasteiger partial charge in [0.15, 0.2) is 0 Å². The number of carbonyl (C=O) groups is 1. The smallest absolute Gasteiger partial charge is 0.223 e. The summed E-state index contributed by atoms with van der Waals surface area (Å²) in [6.07, 6.45) is 3.99. The molecule has 2 nitrogen and oxygen atoms in total. The van der Waals surface area contributed by atoms with Crippen molar-refractivity contribution in [3.63, 3.8) is 0 Å². The fourth-order valence-corrected chi connectivity index (χ4v) is 2.06. The lowest BCUT2D eigenvalue weighted by atomic mass is 9.94. The second-order valence-corrected chi connectivity index (χ2v) is 4.40. The van der Waals surface area contributed by atoms with Gasteiger partial charge < -0.3 is 5.32 Å². The Hall–Kier alpha value is -1.31. The minimum absolute atomic E-state index is 0.167. The van der Waals surface area contributed by atoms with E-state index in [4.69, 9.17) is 0 Å². The Morgan fingerprint density at radius 1 is 1.18 bits per heavy atom. The highest BCUT2D eigenvalue weighted by molar-refractivity contribution is 5.78. The van der Waals surface area contributed by atoms with E-state index in [0.29, 0.717) is 0 Å². The lowest BCUT2D eigenvalue weighted by molar-refractivity contribution is -0.125. The number of amides is 1. The second kappa shape index (κ2) is 7.88. The van der Waals surface area contributed by atoms with Crippen molar-refractivity contribution in [1.82, 2.24) is 5.32 Å². The summed E-state index contributed by atoms with van der Waals surface area (Å²) in [5.41, 5.74) is 1.32. The number of carbonyl (C=O) groups excluding carboxylic acids is 1. The molecule has 1 atom stereocenters. The molecular formula is C15H23NO. The normalized spacial score (nSPS) is 12.1. The van der Waals surface area contributed by atoms with E-state index >= 15 is 0 Å². The summed E-state index contributed by atoms with van der Waals surface area (Å²) in [5.74, 6) is 0.380. The average molecular weight is 233 g/mol. The van der Waals surface area contributed by atoms with Gasteiger partial charge in [0.05, 0.1) is 0 Å². The van der Waals surface area contributed by atoms with Crippen molar-refractivity contribution in [2.45, 2.75) is 39.5 Å². The molecule has 0 heterocycles. The fraction of sp³-hybridized carbons (Fsp3) is 0.533. The summed E-state index contributed by atoms with van der Waals surface area (Å²) in [5, 5.41) is 2.93. The minimum atomic E-state index is 0.167. The van der Waals surface area contributed by atoms with Gasteiger partial charge in [0.1, 0.15) is 0 Å². The van der Waals surface area contributed by atoms with Crippen LogP contribution in [0.15, 0.2) is 30.3 Å². The Morgan fingerprint density at radius 2 is 1.88 bits per heavy atom. The van der Waals surface area contributed by atoms with Crippen LogP contribution in [0.1, 0.15) is 38.7 Å². The number of nitrogens with one attached hydrogen (secondary N) is 1. The lowest BCUT2D eigenvalue weighted by Crippen LogP contribution is -2.30. The van der Waals surface area contributed by atoms with Crippen molar-refractivity contribution in [2.24, 2.45) is 5.92 Å². The van der Waals surface area contributed by atoms with Crippen molar-refractivity contribution in [3.05, 3.63) is 35.9 Å². The fourth-order valence-electron chi connectivity index (χ4n) is 2.06. The van der Waals surface area contributed by atoms with Crippen LogP contribution in [0, 0.1) is 5.92 Å². The van der Waals surface area contributed by atoms with Crippen molar-refractivity contribution >= 4 is 5.91 Å². The summed E-state index contributed by atoms with van der Waals surface area (Å²) in [4.78, 5) is 11.8. The second-order valence-electron chi connectivity index (χ2n) is 4.40. The molecule has 0 fully saturated rings. The van der Waals surface area contributed by atoms with Crippen LogP contribution >= 0.6 is 0 Å². The first kappa shape index (κ1) is 13.8. The molecule has 94 valence electrons. The molecule has 1 aromatic rings. The SMILES string of the molecule is CCCC(CCc1ccccc1)C(=O)NCC. The summed E-state index contributed by atoms with van der Waals surface area (Å²) in [7, 11) is 0. The van der Waals surface area contributed by atoms with Crippen LogP contribution in [0.3, 0.4) is 0 Å². The zero-order valence-corrected chi connectivity index (χ0v) is 10.9. The monoisotopic (exact) mass is 233 g/mol. The first-order chi connectivity index (χ1) is 8.27. The highest BCUT2D eigenvalue weighted by atomic mass is 16.1. The first-order valence-electron chi connectivity index (χ1n) is 6.59. The molecule has 1 aromatic carbocycles. The summed E-state index contributed by atoms with van der Waals surface area (Å²) in [6, 6.07) is 10.4. The molecule has 0 aliphatic rings. The third-order valence-corrected chi connectivity index (χ3v) is 2.98. The number of hydrogen-bond donors (Lipinski definition) is 1. The van der Waals surface area contributed by atoms with Gasteiger partial charge in [-0.2, -0.15) is 0 Å². The van der Waals surface area contributed by atoms with Crippen LogP contribution in [0.4, 0.5) is 0 Å². The van der Waals surface area contributed by atoms with Gasteiger partial charge in [0.2, 0.25) is 5.91 Å². The minimum Gasteiger partial charge on any atom is -0.356 e. The van der Waals surface area contributed by atoms with Crippen molar-refractivity contribution in [1.29, 1.82) is 0 Å². The molecule has 1 amide bonds. The summed E-state index contributed by atoms with van der Waals surface area (Å²) < 4.78 is 0. The zero-order valence-electron chi connectivity index (χ0n) is 10.9. The van der Waals surface area contributed by atoms with E-state index in [2.05, 4.69) is 36.5 Å². The third-order valence-electron chi connectivity index (χ3n) is 2.98. The van der Waals surface area contributed by atoms with Crippen LogP contribution < -0.4 is 5.32 Å². The quantitative estimate of drug-likeness (QED) is 0.770. The predicted molar refractivity (Wildman–Crippen MR) is 71.8 cm³/mol. The standard InChI is InChI=1S/C15H23NO/c1-3-8-14(15(17)16-4-2)12-11-13-9-6-5-7-10-13/h5-7,9-10,14H,3-4,8,11-12H2,1-2H3,(H,16,17). The van der Waals surface area contributed by atoms with E-state index in [-0.39, 0.29) is 11.8 Å². The van der Waals surface area contributed by atoms with E-state index in [1.807, 2.05) is 13.0 Å². The number of aryl methyl sites for hydroxylation is 1. The van der Waals surface area contributed by atoms with Gasteiger partial charge in [-0.05, 0) is 31.7 Å². The van der Waals surface area contributed by atoms with Gasteiger partial charge in [-0.15, -0.1) is 0 Å². The summed E-state index contributed by atoms with van der Waals surface area (Å²) in [6.45, 7) is 4.83. The van der Waals surface area contributed by atoms with E-state index in [1.165, 1.54) is 5.56 Å². The van der Waals surface area contributed by atoms with Crippen molar-refractivity contribution in [3.8, 4) is 0 Å². The Balaban J connectivity index is 2.47. The molecular weight excluding hydrogens is 210 g/mol. The van der Waals surface area contributed by atoms with E-state index in [9.17, 15) is 4.79 Å². The van der Waals surface area contributed by atoms with Crippen LogP contribution in [0.25, 0.3) is 0 Å². The van der Waals surface area contributed by atoms with Crippen LogP contribution in [0.5, 0.6) is 0 Å². The highest BCUT2D eigenvalue weighted by Crippen LogP contribution is 2.15. The molecule has 0 bridgehead atoms. The molecule has 0 spiro atoms. The maximum Gasteiger partial charge on any atom is 0.223 e. The van der Waals surface area contributed by atoms with E-state index < -0.39 is 0 Å². The highest BCUT2D eigenvalue weighted by Gasteiger charge is 2.16. The van der Waals surface area contributed by atoms with Gasteiger partial charge in [0.25, 0.3) is 0 Å². The average Bonchev–Trinajstić information content (AvgIpc) is 2.36. The maximum absolute atomic E-state index is 11.8. The Bertz CT molecular complexity index is 321. The molecule has 17 heavy (non-hydrogen) atoms. The van der Waals surface area contributed by atoms with E-state index in [1.54, 1.807) is 0 Å². The third kappa shape index (κ3) is 5.03. The van der Waals surface area contributed by atoms with Gasteiger partial charge in [-0.1, -0.05) is 43.7 Å². The molecule has 1 unspecified atom stereocenters. The molecule has 1 N–H and O–H groups in total. The van der Waals surface area contributed by atoms with Gasteiger partial charge in [-0.3, -0.25) is 4.79 Å². The molecule has 0 saturated heterocycles. The largest absolute Gasteiger partial charge is 0.356 e. The maximum atomic E-state index is 11.8. The topological polar surface area (TPSA) is 29.1 Å². The predicted octanol–water partition coefficient (Wildman–Crippen LogP) is 3.17. The van der Waals surface area contributed by atoms with Crippen LogP contribution in [-0.2, 0) is 11.2 Å². The van der Waals surface area contributed by atoms with Gasteiger partial charge in [-0.25, -0.2) is 0 Å². The molecule has 2 heteroatoms. The van der Waals surface area contributed by atoms with Crippen LogP contribution in [0.2, 0.25) is 0 Å². The Morgan fingerprint density at radius 3 is 2.47 bits per heavy atom. The van der Waals surface area contributed by atoms with Gasteiger partial charge in [0, 0.05) is 12.5 Å². The Kier molecular flexibility index (Phi) is 6.38. The van der Waals surface area contributed by atoms with Crippen molar-refractivity contribution < 1.29 is 4.79 Å². The molecule has 0 aliphatic carbocycles. The molecule has 0 radical (unpaired) electrons. The molecule has 0 aromatic heterocycles. The van der Waals surface area contributed by atoms with E-state index in [0.717, 1.165) is 32.2 Å². The van der Waals surface area contributed by atoms with Crippen LogP contribution in [-0.4, -0.2) is 12.5 Å². The lowest BCUT2D eigenvalue weighted by Gasteiger charge is -2.15. The zero-order chi connectivity index (χ0) is 12.5. The molecule has 0 saturated carbocycles. The van der Waals surface area contributed by atoms with Gasteiger partial charge >= 0.3 is 0 Å². The molecule has 1 rings (SSSR count). The number of rotatable bonds is 7.